The van der Waals surface area contributed by atoms with Crippen molar-refractivity contribution >= 4 is 45.3 Å². The number of nitrogens with zero attached hydrogens (tertiary/aromatic N) is 4. The average Bonchev–Trinajstić information content (AvgIpc) is 3.06. The Bertz CT molecular complexity index is 1060. The van der Waals surface area contributed by atoms with Crippen LogP contribution in [-0.4, -0.2) is 38.4 Å². The van der Waals surface area contributed by atoms with E-state index in [9.17, 15) is 9.90 Å². The minimum atomic E-state index is -0.645. The van der Waals surface area contributed by atoms with Gasteiger partial charge >= 0.3 is 5.97 Å². The number of carboxylic acid groups (broad SMARTS) is 1. The van der Waals surface area contributed by atoms with Gasteiger partial charge in [0.05, 0.1) is 23.3 Å². The Hall–Kier alpha value is -2.16. The second-order valence-corrected chi connectivity index (χ2v) is 8.89. The van der Waals surface area contributed by atoms with Crippen molar-refractivity contribution < 1.29 is 9.90 Å². The normalized spacial score (nSPS) is 24.1. The lowest BCUT2D eigenvalue weighted by Crippen LogP contribution is -2.54. The Morgan fingerprint density at radius 1 is 1.25 bits per heavy atom. The first kappa shape index (κ1) is 17.9. The number of hydrogen-bond donors (Lipinski definition) is 1. The highest BCUT2D eigenvalue weighted by atomic mass is 127. The van der Waals surface area contributed by atoms with Crippen LogP contribution in [0.15, 0.2) is 36.5 Å². The predicted molar refractivity (Wildman–Crippen MR) is 116 cm³/mol. The maximum absolute atomic E-state index is 11.5. The van der Waals surface area contributed by atoms with Crippen molar-refractivity contribution in [1.29, 1.82) is 0 Å². The second kappa shape index (κ2) is 6.72. The third kappa shape index (κ3) is 2.78. The van der Waals surface area contributed by atoms with E-state index in [1.54, 1.807) is 0 Å². The minimum absolute atomic E-state index is 0.199. The summed E-state index contributed by atoms with van der Waals surface area (Å²) in [7, 11) is 0. The van der Waals surface area contributed by atoms with Gasteiger partial charge in [-0.2, -0.15) is 5.10 Å². The number of anilines is 1. The van der Waals surface area contributed by atoms with Crippen LogP contribution in [0.5, 0.6) is 0 Å². The topological polar surface area (TPSA) is 71.2 Å². The average molecular weight is 488 g/mol. The molecule has 1 aromatic carbocycles. The highest BCUT2D eigenvalue weighted by Crippen LogP contribution is 2.41. The first-order valence-corrected chi connectivity index (χ1v) is 10.7. The van der Waals surface area contributed by atoms with Gasteiger partial charge in [-0.3, -0.25) is 4.79 Å². The number of rotatable bonds is 3. The van der Waals surface area contributed by atoms with E-state index in [4.69, 9.17) is 10.1 Å². The zero-order valence-electron chi connectivity index (χ0n) is 15.5. The Morgan fingerprint density at radius 3 is 2.79 bits per heavy atom. The number of carboxylic acids is 1. The maximum atomic E-state index is 11.5. The van der Waals surface area contributed by atoms with Crippen molar-refractivity contribution in [1.82, 2.24) is 14.8 Å². The Balaban J connectivity index is 1.46. The van der Waals surface area contributed by atoms with E-state index in [1.165, 1.54) is 5.56 Å². The van der Waals surface area contributed by atoms with Crippen LogP contribution in [0.2, 0.25) is 0 Å². The first-order chi connectivity index (χ1) is 13.5. The van der Waals surface area contributed by atoms with Gasteiger partial charge in [-0.1, -0.05) is 18.2 Å². The lowest BCUT2D eigenvalue weighted by Gasteiger charge is -2.48. The highest BCUT2D eigenvalue weighted by Gasteiger charge is 2.44. The number of pyridine rings is 1. The molecule has 4 heterocycles. The fraction of sp³-hybridized carbons (Fsp3) is 0.381. The molecule has 0 spiro atoms. The number of fused-ring (bicyclic) bond motifs is 4. The molecule has 2 saturated heterocycles. The Kier molecular flexibility index (Phi) is 4.30. The molecule has 0 radical (unpaired) electrons. The van der Waals surface area contributed by atoms with E-state index >= 15 is 0 Å². The monoisotopic (exact) mass is 488 g/mol. The van der Waals surface area contributed by atoms with E-state index in [1.807, 2.05) is 16.9 Å². The van der Waals surface area contributed by atoms with Crippen LogP contribution in [0.4, 0.5) is 5.82 Å². The largest absolute Gasteiger partial charge is 0.481 e. The molecule has 0 unspecified atom stereocenters. The number of carbonyl (C=O) groups is 1. The van der Waals surface area contributed by atoms with Crippen LogP contribution in [0, 0.1) is 22.5 Å². The van der Waals surface area contributed by atoms with Gasteiger partial charge in [-0.15, -0.1) is 0 Å². The van der Waals surface area contributed by atoms with Crippen molar-refractivity contribution in [2.24, 2.45) is 11.8 Å². The fourth-order valence-corrected chi connectivity index (χ4v) is 5.51. The molecular weight excluding hydrogens is 467 g/mol. The number of aliphatic carboxylic acids is 1. The van der Waals surface area contributed by atoms with E-state index in [0.29, 0.717) is 0 Å². The molecule has 144 valence electrons. The van der Waals surface area contributed by atoms with Gasteiger partial charge < -0.3 is 10.0 Å². The smallest absolute Gasteiger partial charge is 0.306 e. The summed E-state index contributed by atoms with van der Waals surface area (Å²) in [6.07, 6.45) is 4.66. The Morgan fingerprint density at radius 2 is 2.11 bits per heavy atom. The molecular formula is C21H21IN4O2. The molecule has 7 heteroatoms. The summed E-state index contributed by atoms with van der Waals surface area (Å²) in [4.78, 5) is 18.5. The van der Waals surface area contributed by atoms with Gasteiger partial charge in [-0.05, 0) is 72.4 Å². The molecule has 0 amide bonds. The number of aromatic nitrogens is 3. The number of piperidine rings is 2. The summed E-state index contributed by atoms with van der Waals surface area (Å²) in [6, 6.07) is 10.6. The van der Waals surface area contributed by atoms with Gasteiger partial charge in [0.25, 0.3) is 0 Å². The summed E-state index contributed by atoms with van der Waals surface area (Å²) in [5.41, 5.74) is 3.24. The van der Waals surface area contributed by atoms with Gasteiger partial charge in [0, 0.05) is 18.0 Å². The van der Waals surface area contributed by atoms with Crippen molar-refractivity contribution in [3.63, 3.8) is 0 Å². The molecule has 3 aromatic rings. The summed E-state index contributed by atoms with van der Waals surface area (Å²) in [5, 5.41) is 15.3. The van der Waals surface area contributed by atoms with Gasteiger partial charge in [-0.25, -0.2) is 9.67 Å². The molecule has 3 aliphatic rings. The lowest BCUT2D eigenvalue weighted by atomic mass is 9.72. The van der Waals surface area contributed by atoms with Crippen molar-refractivity contribution in [3.05, 3.63) is 45.8 Å². The SMILES string of the molecule is Cc1cccc2c(I)nn(-c3ccc(N4C[C@H]5CC[C@@H]4C[C@H]5C(=O)O)nc3)c12. The Labute approximate surface area is 176 Å². The first-order valence-electron chi connectivity index (χ1n) is 9.62. The highest BCUT2D eigenvalue weighted by molar-refractivity contribution is 14.1. The summed E-state index contributed by atoms with van der Waals surface area (Å²) in [6.45, 7) is 2.89. The predicted octanol–water partition coefficient (Wildman–Crippen LogP) is 4.02. The zero-order chi connectivity index (χ0) is 19.4. The third-order valence-corrected chi connectivity index (χ3v) is 7.08. The van der Waals surface area contributed by atoms with E-state index < -0.39 is 5.97 Å². The van der Waals surface area contributed by atoms with Crippen molar-refractivity contribution in [2.75, 3.05) is 11.4 Å². The van der Waals surface area contributed by atoms with Crippen LogP contribution in [-0.2, 0) is 4.79 Å². The van der Waals surface area contributed by atoms with E-state index in [-0.39, 0.29) is 17.9 Å². The maximum Gasteiger partial charge on any atom is 0.306 e. The molecule has 6 nitrogen and oxygen atoms in total. The molecule has 3 fully saturated rings. The molecule has 2 aromatic heterocycles. The molecule has 1 N–H and O–H groups in total. The molecule has 28 heavy (non-hydrogen) atoms. The molecule has 1 saturated carbocycles. The number of para-hydroxylation sites is 1. The fourth-order valence-electron chi connectivity index (χ4n) is 4.86. The van der Waals surface area contributed by atoms with Crippen LogP contribution in [0.25, 0.3) is 16.6 Å². The van der Waals surface area contributed by atoms with Gasteiger partial charge in [0.15, 0.2) is 0 Å². The molecule has 3 atom stereocenters. The number of aryl methyl sites for hydroxylation is 1. The van der Waals surface area contributed by atoms with Crippen LogP contribution >= 0.6 is 22.6 Å². The van der Waals surface area contributed by atoms with Crippen LogP contribution in [0.3, 0.4) is 0 Å². The zero-order valence-corrected chi connectivity index (χ0v) is 17.7. The second-order valence-electron chi connectivity index (χ2n) is 7.87. The molecule has 6 rings (SSSR count). The number of hydrogen-bond acceptors (Lipinski definition) is 4. The number of halogens is 1. The molecule has 1 aliphatic carbocycles. The van der Waals surface area contributed by atoms with Crippen molar-refractivity contribution in [2.45, 2.75) is 32.2 Å². The lowest BCUT2D eigenvalue weighted by molar-refractivity contribution is -0.145. The quantitative estimate of drug-likeness (QED) is 0.564. The molecule has 2 bridgehead atoms. The van der Waals surface area contributed by atoms with Crippen LogP contribution < -0.4 is 4.90 Å². The van der Waals surface area contributed by atoms with E-state index in [0.717, 1.165) is 51.9 Å². The summed E-state index contributed by atoms with van der Waals surface area (Å²) < 4.78 is 2.94. The molecule has 2 aliphatic heterocycles. The standard InChI is InChI=1S/C21H21IN4O2/c1-12-3-2-4-16-19(12)26(24-20(16)22)15-7-8-18(23-10-15)25-11-13-5-6-14(25)9-17(13)21(27)28/h2-4,7-8,10,13-14,17H,5-6,9,11H2,1H3,(H,27,28)/t13-,14-,17-/m1/s1. The van der Waals surface area contributed by atoms with Gasteiger partial charge in [0.1, 0.15) is 9.52 Å². The minimum Gasteiger partial charge on any atom is -0.481 e. The van der Waals surface area contributed by atoms with Gasteiger partial charge in [0.2, 0.25) is 0 Å². The summed E-state index contributed by atoms with van der Waals surface area (Å²) >= 11 is 2.28. The van der Waals surface area contributed by atoms with Crippen LogP contribution in [0.1, 0.15) is 24.8 Å². The van der Waals surface area contributed by atoms with E-state index in [2.05, 4.69) is 58.7 Å². The number of benzene rings is 1. The summed E-state index contributed by atoms with van der Waals surface area (Å²) in [5.74, 6) is 0.316. The third-order valence-electron chi connectivity index (χ3n) is 6.29. The van der Waals surface area contributed by atoms with Crippen molar-refractivity contribution in [3.8, 4) is 5.69 Å².